The van der Waals surface area contributed by atoms with E-state index in [-0.39, 0.29) is 6.79 Å². The Morgan fingerprint density at radius 3 is 2.04 bits per heavy atom. The summed E-state index contributed by atoms with van der Waals surface area (Å²) in [5.41, 5.74) is 5.61. The fourth-order valence-electron chi connectivity index (χ4n) is 3.41. The van der Waals surface area contributed by atoms with Crippen LogP contribution in [0.2, 0.25) is 0 Å². The zero-order valence-electron chi connectivity index (χ0n) is 16.1. The van der Waals surface area contributed by atoms with Crippen molar-refractivity contribution in [2.24, 2.45) is 0 Å². The molecule has 2 aromatic carbocycles. The molecular weight excluding hydrogens is 350 g/mol. The molecule has 1 N–H and O–H groups in total. The highest BCUT2D eigenvalue weighted by Crippen LogP contribution is 2.35. The first kappa shape index (κ1) is 18.7. The Morgan fingerprint density at radius 1 is 0.885 bits per heavy atom. The van der Waals surface area contributed by atoms with Crippen LogP contribution in [0, 0.1) is 34.6 Å². The zero-order valence-corrected chi connectivity index (χ0v) is 16.9. The Bertz CT molecular complexity index is 951. The van der Waals surface area contributed by atoms with E-state index < -0.39 is 16.1 Å². The lowest BCUT2D eigenvalue weighted by molar-refractivity contribution is 0.174. The minimum absolute atomic E-state index is 0.194. The molecule has 0 saturated heterocycles. The van der Waals surface area contributed by atoms with E-state index in [1.165, 1.54) is 0 Å². The van der Waals surface area contributed by atoms with Crippen LogP contribution in [0.1, 0.15) is 46.3 Å². The molecule has 1 aliphatic heterocycles. The first-order valence-corrected chi connectivity index (χ1v) is 10.1. The maximum absolute atomic E-state index is 13.1. The van der Waals surface area contributed by atoms with E-state index in [9.17, 15) is 8.42 Å². The van der Waals surface area contributed by atoms with Crippen LogP contribution in [0.5, 0.6) is 11.5 Å². The van der Waals surface area contributed by atoms with Crippen LogP contribution in [0.3, 0.4) is 0 Å². The van der Waals surface area contributed by atoms with Crippen molar-refractivity contribution >= 4 is 10.0 Å². The van der Waals surface area contributed by atoms with Gasteiger partial charge in [-0.25, -0.2) is 13.1 Å². The molecule has 0 bridgehead atoms. The van der Waals surface area contributed by atoms with Gasteiger partial charge in [-0.1, -0.05) is 6.07 Å². The van der Waals surface area contributed by atoms with Crippen LogP contribution in [0.15, 0.2) is 23.1 Å². The summed E-state index contributed by atoms with van der Waals surface area (Å²) < 4.78 is 39.8. The van der Waals surface area contributed by atoms with E-state index in [2.05, 4.69) is 4.72 Å². The normalized spacial score (nSPS) is 14.5. The lowest BCUT2D eigenvalue weighted by Crippen LogP contribution is -2.28. The Labute approximate surface area is 155 Å². The van der Waals surface area contributed by atoms with E-state index in [1.807, 2.05) is 53.7 Å². The number of nitrogens with one attached hydrogen (secondary N) is 1. The van der Waals surface area contributed by atoms with Crippen LogP contribution >= 0.6 is 0 Å². The average molecular weight is 375 g/mol. The average Bonchev–Trinajstić information content (AvgIpc) is 3.05. The van der Waals surface area contributed by atoms with Crippen molar-refractivity contribution in [3.8, 4) is 11.5 Å². The molecule has 3 rings (SSSR count). The molecule has 140 valence electrons. The van der Waals surface area contributed by atoms with Crippen LogP contribution in [-0.4, -0.2) is 15.2 Å². The molecular formula is C20H25NO4S. The Balaban J connectivity index is 1.97. The van der Waals surface area contributed by atoms with E-state index >= 15 is 0 Å². The summed E-state index contributed by atoms with van der Waals surface area (Å²) in [4.78, 5) is 0.380. The standard InChI is InChI=1S/C20H25NO4S/c1-11-12(2)14(4)20(15(5)13(11)3)26(22,23)21-16(6)17-7-8-18-19(9-17)25-10-24-18/h7-9,16,21H,10H2,1-6H3. The molecule has 26 heavy (non-hydrogen) atoms. The number of rotatable bonds is 4. The number of fused-ring (bicyclic) bond motifs is 1. The predicted octanol–water partition coefficient (Wildman–Crippen LogP) is 4.00. The molecule has 5 nitrogen and oxygen atoms in total. The van der Waals surface area contributed by atoms with Crippen molar-refractivity contribution < 1.29 is 17.9 Å². The third kappa shape index (κ3) is 3.08. The van der Waals surface area contributed by atoms with Gasteiger partial charge in [-0.15, -0.1) is 0 Å². The highest BCUT2D eigenvalue weighted by atomic mass is 32.2. The van der Waals surface area contributed by atoms with Crippen LogP contribution in [-0.2, 0) is 10.0 Å². The number of ether oxygens (including phenoxy) is 2. The molecule has 0 amide bonds. The molecule has 0 spiro atoms. The van der Waals surface area contributed by atoms with Crippen molar-refractivity contribution in [3.63, 3.8) is 0 Å². The maximum Gasteiger partial charge on any atom is 0.241 e. The van der Waals surface area contributed by atoms with E-state index in [0.29, 0.717) is 16.4 Å². The largest absolute Gasteiger partial charge is 0.454 e. The van der Waals surface area contributed by atoms with Crippen molar-refractivity contribution in [2.45, 2.75) is 52.5 Å². The highest BCUT2D eigenvalue weighted by Gasteiger charge is 2.26. The van der Waals surface area contributed by atoms with Gasteiger partial charge in [0.25, 0.3) is 0 Å². The van der Waals surface area contributed by atoms with Crippen molar-refractivity contribution in [1.82, 2.24) is 4.72 Å². The number of hydrogen-bond acceptors (Lipinski definition) is 4. The minimum atomic E-state index is -3.67. The molecule has 0 aromatic heterocycles. The van der Waals surface area contributed by atoms with Gasteiger partial charge in [0.1, 0.15) is 0 Å². The quantitative estimate of drug-likeness (QED) is 0.877. The van der Waals surface area contributed by atoms with Gasteiger partial charge >= 0.3 is 0 Å². The van der Waals surface area contributed by atoms with Crippen LogP contribution < -0.4 is 14.2 Å². The fourth-order valence-corrected chi connectivity index (χ4v) is 5.24. The Kier molecular flexibility index (Phi) is 4.75. The predicted molar refractivity (Wildman–Crippen MR) is 101 cm³/mol. The van der Waals surface area contributed by atoms with Gasteiger partial charge in [0.2, 0.25) is 16.8 Å². The van der Waals surface area contributed by atoms with Crippen LogP contribution in [0.25, 0.3) is 0 Å². The van der Waals surface area contributed by atoms with E-state index in [4.69, 9.17) is 9.47 Å². The zero-order chi connectivity index (χ0) is 19.2. The van der Waals surface area contributed by atoms with Gasteiger partial charge in [0.05, 0.1) is 4.90 Å². The Morgan fingerprint density at radius 2 is 1.42 bits per heavy atom. The third-order valence-corrected chi connectivity index (χ3v) is 7.24. The topological polar surface area (TPSA) is 64.6 Å². The van der Waals surface area contributed by atoms with Crippen molar-refractivity contribution in [2.75, 3.05) is 6.79 Å². The third-order valence-electron chi connectivity index (χ3n) is 5.43. The number of benzene rings is 2. The van der Waals surface area contributed by atoms with E-state index in [0.717, 1.165) is 33.4 Å². The van der Waals surface area contributed by atoms with Crippen LogP contribution in [0.4, 0.5) is 0 Å². The molecule has 1 heterocycles. The molecule has 1 atom stereocenters. The summed E-state index contributed by atoms with van der Waals surface area (Å²) in [5, 5.41) is 0. The lowest BCUT2D eigenvalue weighted by atomic mass is 9.95. The second kappa shape index (κ2) is 6.59. The minimum Gasteiger partial charge on any atom is -0.454 e. The fraction of sp³-hybridized carbons (Fsp3) is 0.400. The van der Waals surface area contributed by atoms with Gasteiger partial charge in [-0.3, -0.25) is 0 Å². The maximum atomic E-state index is 13.1. The Hall–Kier alpha value is -2.05. The SMILES string of the molecule is Cc1c(C)c(C)c(S(=O)(=O)NC(C)c2ccc3c(c2)OCO3)c(C)c1C. The van der Waals surface area contributed by atoms with Gasteiger partial charge in [-0.05, 0) is 87.1 Å². The first-order valence-electron chi connectivity index (χ1n) is 8.62. The monoisotopic (exact) mass is 375 g/mol. The summed E-state index contributed by atoms with van der Waals surface area (Å²) >= 11 is 0. The van der Waals surface area contributed by atoms with Crippen molar-refractivity contribution in [3.05, 3.63) is 51.6 Å². The van der Waals surface area contributed by atoms with Gasteiger partial charge < -0.3 is 9.47 Å². The molecule has 0 aliphatic carbocycles. The summed E-state index contributed by atoms with van der Waals surface area (Å²) in [5.74, 6) is 1.32. The van der Waals surface area contributed by atoms with Gasteiger partial charge in [0.15, 0.2) is 11.5 Å². The number of sulfonamides is 1. The summed E-state index contributed by atoms with van der Waals surface area (Å²) in [6.07, 6.45) is 0. The molecule has 1 aliphatic rings. The second-order valence-corrected chi connectivity index (χ2v) is 8.56. The smallest absolute Gasteiger partial charge is 0.241 e. The van der Waals surface area contributed by atoms with Gasteiger partial charge in [0, 0.05) is 6.04 Å². The highest BCUT2D eigenvalue weighted by molar-refractivity contribution is 7.89. The molecule has 6 heteroatoms. The van der Waals surface area contributed by atoms with E-state index in [1.54, 1.807) is 6.07 Å². The molecule has 2 aromatic rings. The second-order valence-electron chi connectivity index (χ2n) is 6.91. The molecule has 0 fully saturated rings. The summed E-state index contributed by atoms with van der Waals surface area (Å²) in [6.45, 7) is 11.7. The van der Waals surface area contributed by atoms with Gasteiger partial charge in [-0.2, -0.15) is 0 Å². The molecule has 0 radical (unpaired) electrons. The number of hydrogen-bond donors (Lipinski definition) is 1. The van der Waals surface area contributed by atoms with Crippen molar-refractivity contribution in [1.29, 1.82) is 0 Å². The summed E-state index contributed by atoms with van der Waals surface area (Å²) in [7, 11) is -3.67. The molecule has 1 unspecified atom stereocenters. The lowest BCUT2D eigenvalue weighted by Gasteiger charge is -2.21. The first-order chi connectivity index (χ1) is 12.1. The molecule has 0 saturated carbocycles. The summed E-state index contributed by atoms with van der Waals surface area (Å²) in [6, 6.07) is 5.08.